The number of imidazole rings is 1. The summed E-state index contributed by atoms with van der Waals surface area (Å²) in [7, 11) is 0. The predicted molar refractivity (Wildman–Crippen MR) is 129 cm³/mol. The van der Waals surface area contributed by atoms with Crippen LogP contribution in [0.3, 0.4) is 0 Å². The van der Waals surface area contributed by atoms with Gasteiger partial charge in [-0.1, -0.05) is 23.9 Å². The molecule has 0 radical (unpaired) electrons. The number of rotatable bonds is 7. The Morgan fingerprint density at radius 3 is 2.47 bits per heavy atom. The summed E-state index contributed by atoms with van der Waals surface area (Å²) in [6.45, 7) is 1.35. The number of benzene rings is 2. The molecule has 2 heterocycles. The number of alkyl halides is 6. The molecule has 38 heavy (non-hydrogen) atoms. The Kier molecular flexibility index (Phi) is 8.36. The second-order valence-corrected chi connectivity index (χ2v) is 9.30. The number of hydrogen-bond acceptors (Lipinski definition) is 5. The minimum atomic E-state index is -5.32. The van der Waals surface area contributed by atoms with Crippen LogP contribution < -0.4 is 5.32 Å². The molecular formula is C25H22F6N4O2S. The van der Waals surface area contributed by atoms with Crippen molar-refractivity contribution in [2.45, 2.75) is 28.7 Å². The van der Waals surface area contributed by atoms with E-state index in [9.17, 15) is 31.1 Å². The van der Waals surface area contributed by atoms with Crippen LogP contribution in [0.25, 0.3) is 6.08 Å². The van der Waals surface area contributed by atoms with Crippen molar-refractivity contribution in [3.8, 4) is 0 Å². The van der Waals surface area contributed by atoms with Gasteiger partial charge >= 0.3 is 12.4 Å². The predicted octanol–water partition coefficient (Wildman–Crippen LogP) is 6.08. The fourth-order valence-corrected chi connectivity index (χ4v) is 4.88. The molecule has 0 saturated carbocycles. The largest absolute Gasteiger partial charge is 0.418 e. The Balaban J connectivity index is 1.66. The van der Waals surface area contributed by atoms with E-state index < -0.39 is 39.8 Å². The number of hydrogen-bond donors (Lipinski definition) is 2. The number of amides is 1. The van der Waals surface area contributed by atoms with Crippen molar-refractivity contribution in [1.82, 2.24) is 14.9 Å². The van der Waals surface area contributed by atoms with Crippen LogP contribution in [0.5, 0.6) is 0 Å². The topological polar surface area (TPSA) is 70.2 Å². The van der Waals surface area contributed by atoms with Crippen LogP contribution in [0, 0.1) is 0 Å². The number of halogens is 6. The van der Waals surface area contributed by atoms with E-state index in [0.717, 1.165) is 24.3 Å². The van der Waals surface area contributed by atoms with E-state index in [1.54, 1.807) is 24.5 Å². The van der Waals surface area contributed by atoms with Gasteiger partial charge < -0.3 is 19.9 Å². The molecule has 1 saturated heterocycles. The lowest BCUT2D eigenvalue weighted by Crippen LogP contribution is -2.39. The molecule has 1 aromatic heterocycles. The van der Waals surface area contributed by atoms with E-state index in [-0.39, 0.29) is 26.3 Å². The molecule has 1 amide bonds. The highest BCUT2D eigenvalue weighted by molar-refractivity contribution is 7.99. The van der Waals surface area contributed by atoms with Gasteiger partial charge in [-0.25, -0.2) is 4.98 Å². The molecule has 0 aliphatic carbocycles. The lowest BCUT2D eigenvalue weighted by Gasteiger charge is -2.25. The smallest absolute Gasteiger partial charge is 0.378 e. The van der Waals surface area contributed by atoms with Gasteiger partial charge in [0.2, 0.25) is 5.91 Å². The van der Waals surface area contributed by atoms with Crippen LogP contribution in [-0.4, -0.2) is 47.1 Å². The maximum Gasteiger partial charge on any atom is 0.418 e. The molecular weight excluding hydrogens is 534 g/mol. The van der Waals surface area contributed by atoms with Gasteiger partial charge in [0, 0.05) is 47.0 Å². The normalized spacial score (nSPS) is 14.7. The first kappa shape index (κ1) is 27.6. The van der Waals surface area contributed by atoms with Crippen molar-refractivity contribution in [2.75, 3.05) is 31.6 Å². The summed E-state index contributed by atoms with van der Waals surface area (Å²) in [5, 5.41) is 3.05. The van der Waals surface area contributed by atoms with Gasteiger partial charge in [-0.15, -0.1) is 0 Å². The standard InChI is InChI=1S/C25H22F6N4O2S/c26-24(27,28)22-16(5-7-21(36)35-10-12-37-13-11-35)4-6-19(23(22)25(29,30)31)38-18-3-1-2-17(14-18)34-15-20-32-8-9-33-20/h1-9,14,34H,10-13,15H2,(H,32,33)/b7-5+. The number of carbonyl (C=O) groups excluding carboxylic acids is 1. The van der Waals surface area contributed by atoms with E-state index in [2.05, 4.69) is 15.3 Å². The summed E-state index contributed by atoms with van der Waals surface area (Å²) in [6, 6.07) is 8.24. The van der Waals surface area contributed by atoms with Gasteiger partial charge in [-0.05, 0) is 35.9 Å². The molecule has 2 aromatic carbocycles. The van der Waals surface area contributed by atoms with Crippen LogP contribution in [0.1, 0.15) is 22.5 Å². The molecule has 0 unspecified atom stereocenters. The zero-order valence-electron chi connectivity index (χ0n) is 19.7. The fraction of sp³-hybridized carbons (Fsp3) is 0.280. The third kappa shape index (κ3) is 6.90. The van der Waals surface area contributed by atoms with Gasteiger partial charge in [-0.2, -0.15) is 26.3 Å². The summed E-state index contributed by atoms with van der Waals surface area (Å²) >= 11 is 0.568. The first-order valence-electron chi connectivity index (χ1n) is 11.4. The quantitative estimate of drug-likeness (QED) is 0.273. The van der Waals surface area contributed by atoms with Crippen molar-refractivity contribution in [1.29, 1.82) is 0 Å². The number of H-pyrrole nitrogens is 1. The van der Waals surface area contributed by atoms with Crippen molar-refractivity contribution in [3.63, 3.8) is 0 Å². The minimum Gasteiger partial charge on any atom is -0.378 e. The Morgan fingerprint density at radius 2 is 1.82 bits per heavy atom. The second-order valence-electron chi connectivity index (χ2n) is 8.19. The fourth-order valence-electron chi connectivity index (χ4n) is 3.84. The van der Waals surface area contributed by atoms with E-state index in [0.29, 0.717) is 34.7 Å². The lowest BCUT2D eigenvalue weighted by atomic mass is 9.99. The molecule has 0 atom stereocenters. The summed E-state index contributed by atoms with van der Waals surface area (Å²) < 4.78 is 89.7. The molecule has 1 aliphatic heterocycles. The lowest BCUT2D eigenvalue weighted by molar-refractivity contribution is -0.163. The number of morpholine rings is 1. The van der Waals surface area contributed by atoms with Crippen molar-refractivity contribution in [2.24, 2.45) is 0 Å². The highest BCUT2D eigenvalue weighted by Gasteiger charge is 2.46. The number of nitrogens with zero attached hydrogens (tertiary/aromatic N) is 2. The van der Waals surface area contributed by atoms with Crippen molar-refractivity contribution < 1.29 is 35.9 Å². The van der Waals surface area contributed by atoms with Crippen LogP contribution in [-0.2, 0) is 28.4 Å². The molecule has 1 fully saturated rings. The number of nitrogens with one attached hydrogen (secondary N) is 2. The Bertz CT molecular complexity index is 1290. The van der Waals surface area contributed by atoms with Gasteiger partial charge in [-0.3, -0.25) is 4.79 Å². The molecule has 1 aliphatic rings. The van der Waals surface area contributed by atoms with E-state index in [4.69, 9.17) is 4.74 Å². The van der Waals surface area contributed by atoms with Crippen molar-refractivity contribution >= 4 is 29.4 Å². The average molecular weight is 557 g/mol. The first-order valence-corrected chi connectivity index (χ1v) is 12.2. The number of aromatic amines is 1. The Labute approximate surface area is 218 Å². The maximum absolute atomic E-state index is 14.1. The van der Waals surface area contributed by atoms with Gasteiger partial charge in [0.1, 0.15) is 5.82 Å². The van der Waals surface area contributed by atoms with Crippen LogP contribution in [0.4, 0.5) is 32.0 Å². The molecule has 2 N–H and O–H groups in total. The van der Waals surface area contributed by atoms with E-state index >= 15 is 0 Å². The summed E-state index contributed by atoms with van der Waals surface area (Å²) in [6.07, 6.45) is -5.79. The van der Waals surface area contributed by atoms with Crippen LogP contribution in [0.15, 0.2) is 64.7 Å². The van der Waals surface area contributed by atoms with Crippen LogP contribution >= 0.6 is 11.8 Å². The number of aromatic nitrogens is 2. The Morgan fingerprint density at radius 1 is 1.08 bits per heavy atom. The third-order valence-corrected chi connectivity index (χ3v) is 6.62. The van der Waals surface area contributed by atoms with Crippen molar-refractivity contribution in [3.05, 3.63) is 77.4 Å². The molecule has 3 aromatic rings. The molecule has 0 spiro atoms. The monoisotopic (exact) mass is 556 g/mol. The zero-order valence-corrected chi connectivity index (χ0v) is 20.5. The number of carbonyl (C=O) groups is 1. The molecule has 6 nitrogen and oxygen atoms in total. The Hall–Kier alpha value is -3.45. The van der Waals surface area contributed by atoms with E-state index in [1.165, 1.54) is 17.0 Å². The first-order chi connectivity index (χ1) is 18.0. The minimum absolute atomic E-state index is 0.244. The summed E-state index contributed by atoms with van der Waals surface area (Å²) in [5.74, 6) is 0.0280. The average Bonchev–Trinajstić information content (AvgIpc) is 3.39. The molecule has 202 valence electrons. The van der Waals surface area contributed by atoms with Gasteiger partial charge in [0.25, 0.3) is 0 Å². The van der Waals surface area contributed by atoms with E-state index in [1.807, 2.05) is 0 Å². The number of ether oxygens (including phenoxy) is 1. The molecule has 0 bridgehead atoms. The molecule has 13 heteroatoms. The summed E-state index contributed by atoms with van der Waals surface area (Å²) in [5.41, 5.74) is -3.83. The maximum atomic E-state index is 14.1. The highest BCUT2D eigenvalue weighted by atomic mass is 32.2. The summed E-state index contributed by atoms with van der Waals surface area (Å²) in [4.78, 5) is 20.4. The highest BCUT2D eigenvalue weighted by Crippen LogP contribution is 2.48. The number of anilines is 1. The second kappa shape index (κ2) is 11.5. The molecule has 4 rings (SSSR count). The third-order valence-electron chi connectivity index (χ3n) is 5.57. The van der Waals surface area contributed by atoms with Gasteiger partial charge in [0.15, 0.2) is 0 Å². The SMILES string of the molecule is O=C(/C=C/c1ccc(Sc2cccc(NCc3ncc[nH]3)c2)c(C(F)(F)F)c1C(F)(F)F)N1CCOCC1. The zero-order chi connectivity index (χ0) is 27.3. The van der Waals surface area contributed by atoms with Crippen LogP contribution in [0.2, 0.25) is 0 Å². The van der Waals surface area contributed by atoms with Gasteiger partial charge in [0.05, 0.1) is 30.9 Å².